The minimum Gasteiger partial charge on any atom is -0.489 e. The van der Waals surface area contributed by atoms with Gasteiger partial charge in [0, 0.05) is 18.0 Å². The lowest BCUT2D eigenvalue weighted by molar-refractivity contribution is -0.139. The van der Waals surface area contributed by atoms with Gasteiger partial charge in [0.1, 0.15) is 5.82 Å². The zero-order valence-electron chi connectivity index (χ0n) is 14.2. The van der Waals surface area contributed by atoms with E-state index in [9.17, 15) is 17.6 Å². The number of carboxylic acid groups (broad SMARTS) is 1. The quantitative estimate of drug-likeness (QED) is 0.745. The Bertz CT molecular complexity index is 929. The largest absolute Gasteiger partial charge is 0.489 e. The maximum atomic E-state index is 13.0. The van der Waals surface area contributed by atoms with Crippen LogP contribution in [0.1, 0.15) is 17.9 Å². The molecule has 144 valence electrons. The van der Waals surface area contributed by atoms with Crippen LogP contribution in [0.15, 0.2) is 47.4 Å². The second kappa shape index (κ2) is 7.93. The van der Waals surface area contributed by atoms with Crippen LogP contribution < -0.4 is 14.2 Å². The lowest BCUT2D eigenvalue weighted by atomic mass is 9.93. The van der Waals surface area contributed by atoms with Crippen molar-refractivity contribution in [2.24, 2.45) is 0 Å². The van der Waals surface area contributed by atoms with E-state index in [0.29, 0.717) is 24.5 Å². The first-order valence-electron chi connectivity index (χ1n) is 8.22. The van der Waals surface area contributed by atoms with E-state index in [4.69, 9.17) is 14.6 Å². The number of benzene rings is 2. The molecule has 2 aromatic carbocycles. The van der Waals surface area contributed by atoms with Gasteiger partial charge in [-0.1, -0.05) is 12.1 Å². The maximum Gasteiger partial charge on any atom is 0.341 e. The number of carboxylic acids is 1. The molecule has 3 rings (SSSR count). The van der Waals surface area contributed by atoms with Gasteiger partial charge >= 0.3 is 5.97 Å². The van der Waals surface area contributed by atoms with Crippen LogP contribution in [0.5, 0.6) is 11.5 Å². The van der Waals surface area contributed by atoms with Crippen molar-refractivity contribution in [1.82, 2.24) is 4.72 Å². The third kappa shape index (κ3) is 4.55. The number of hydrogen-bond acceptors (Lipinski definition) is 5. The minimum absolute atomic E-state index is 0.0188. The zero-order chi connectivity index (χ0) is 19.4. The molecule has 2 aromatic rings. The number of halogens is 1. The van der Waals surface area contributed by atoms with E-state index in [1.54, 1.807) is 18.2 Å². The van der Waals surface area contributed by atoms with Crippen molar-refractivity contribution in [2.75, 3.05) is 19.8 Å². The van der Waals surface area contributed by atoms with Gasteiger partial charge in [0.15, 0.2) is 18.1 Å². The molecule has 0 radical (unpaired) electrons. The maximum absolute atomic E-state index is 13.0. The molecule has 0 bridgehead atoms. The summed E-state index contributed by atoms with van der Waals surface area (Å²) in [6.07, 6.45) is 0.585. The van der Waals surface area contributed by atoms with Gasteiger partial charge < -0.3 is 14.6 Å². The summed E-state index contributed by atoms with van der Waals surface area (Å²) < 4.78 is 51.2. The van der Waals surface area contributed by atoms with E-state index < -0.39 is 28.4 Å². The van der Waals surface area contributed by atoms with E-state index >= 15 is 0 Å². The number of carbonyl (C=O) groups is 1. The third-order valence-corrected chi connectivity index (χ3v) is 5.60. The Hall–Kier alpha value is -2.65. The number of ether oxygens (including phenoxy) is 2. The molecule has 1 unspecified atom stereocenters. The predicted octanol–water partition coefficient (Wildman–Crippen LogP) is 2.13. The number of aliphatic carboxylic acids is 1. The summed E-state index contributed by atoms with van der Waals surface area (Å²) in [4.78, 5) is 10.7. The van der Waals surface area contributed by atoms with Crippen molar-refractivity contribution in [3.05, 3.63) is 53.8 Å². The highest BCUT2D eigenvalue weighted by Gasteiger charge is 2.26. The average Bonchev–Trinajstić information content (AvgIpc) is 2.65. The SMILES string of the molecule is O=C(O)COc1cccc2c1OCCC2CNS(=O)(=O)c1ccc(F)cc1. The Labute approximate surface area is 155 Å². The number of rotatable bonds is 7. The van der Waals surface area contributed by atoms with Gasteiger partial charge in [0.25, 0.3) is 0 Å². The Kier molecular flexibility index (Phi) is 5.62. The third-order valence-electron chi connectivity index (χ3n) is 4.16. The van der Waals surface area contributed by atoms with Crippen LogP contribution in [0.2, 0.25) is 0 Å². The van der Waals surface area contributed by atoms with Gasteiger partial charge in [-0.2, -0.15) is 0 Å². The smallest absolute Gasteiger partial charge is 0.341 e. The molecule has 0 amide bonds. The highest BCUT2D eigenvalue weighted by Crippen LogP contribution is 2.40. The first-order chi connectivity index (χ1) is 12.9. The Morgan fingerprint density at radius 1 is 1.26 bits per heavy atom. The lowest BCUT2D eigenvalue weighted by Gasteiger charge is -2.27. The van der Waals surface area contributed by atoms with E-state index in [-0.39, 0.29) is 17.4 Å². The van der Waals surface area contributed by atoms with Gasteiger partial charge in [-0.05, 0) is 36.8 Å². The lowest BCUT2D eigenvalue weighted by Crippen LogP contribution is -2.31. The number of para-hydroxylation sites is 1. The van der Waals surface area contributed by atoms with Crippen molar-refractivity contribution in [2.45, 2.75) is 17.2 Å². The molecule has 1 heterocycles. The standard InChI is InChI=1S/C18H18FNO6S/c19-13-4-6-14(7-5-13)27(23,24)20-10-12-8-9-25-18-15(12)2-1-3-16(18)26-11-17(21)22/h1-7,12,20H,8-11H2,(H,21,22). The summed E-state index contributed by atoms with van der Waals surface area (Å²) in [5, 5.41) is 8.76. The monoisotopic (exact) mass is 395 g/mol. The Balaban J connectivity index is 1.75. The highest BCUT2D eigenvalue weighted by molar-refractivity contribution is 7.89. The summed E-state index contributed by atoms with van der Waals surface area (Å²) >= 11 is 0. The number of sulfonamides is 1. The molecule has 0 saturated heterocycles. The van der Waals surface area contributed by atoms with Crippen LogP contribution in [0.3, 0.4) is 0 Å². The fourth-order valence-electron chi connectivity index (χ4n) is 2.84. The molecule has 1 aliphatic heterocycles. The molecule has 9 heteroatoms. The van der Waals surface area contributed by atoms with Gasteiger partial charge in [-0.3, -0.25) is 0 Å². The van der Waals surface area contributed by atoms with Crippen LogP contribution in [0, 0.1) is 5.82 Å². The molecular weight excluding hydrogens is 377 g/mol. The van der Waals surface area contributed by atoms with E-state index in [1.807, 2.05) is 0 Å². The van der Waals surface area contributed by atoms with Crippen molar-refractivity contribution >= 4 is 16.0 Å². The molecule has 0 saturated carbocycles. The number of fused-ring (bicyclic) bond motifs is 1. The van der Waals surface area contributed by atoms with E-state index in [1.165, 1.54) is 12.1 Å². The van der Waals surface area contributed by atoms with Crippen molar-refractivity contribution < 1.29 is 32.2 Å². The fourth-order valence-corrected chi connectivity index (χ4v) is 3.92. The molecule has 27 heavy (non-hydrogen) atoms. The van der Waals surface area contributed by atoms with Gasteiger partial charge in [-0.15, -0.1) is 0 Å². The topological polar surface area (TPSA) is 102 Å². The number of nitrogens with one attached hydrogen (secondary N) is 1. The molecule has 1 aliphatic rings. The summed E-state index contributed by atoms with van der Waals surface area (Å²) in [7, 11) is -3.78. The fraction of sp³-hybridized carbons (Fsp3) is 0.278. The zero-order valence-corrected chi connectivity index (χ0v) is 15.0. The van der Waals surface area contributed by atoms with Crippen molar-refractivity contribution in [1.29, 1.82) is 0 Å². The minimum atomic E-state index is -3.78. The van der Waals surface area contributed by atoms with Crippen LogP contribution in [0.25, 0.3) is 0 Å². The molecule has 7 nitrogen and oxygen atoms in total. The molecule has 2 N–H and O–H groups in total. The summed E-state index contributed by atoms with van der Waals surface area (Å²) in [5.74, 6) is -1.05. The van der Waals surface area contributed by atoms with E-state index in [2.05, 4.69) is 4.72 Å². The predicted molar refractivity (Wildman–Crippen MR) is 94.0 cm³/mol. The molecule has 0 aliphatic carbocycles. The van der Waals surface area contributed by atoms with Crippen LogP contribution in [-0.4, -0.2) is 39.3 Å². The number of hydrogen-bond donors (Lipinski definition) is 2. The second-order valence-corrected chi connectivity index (χ2v) is 7.76. The van der Waals surface area contributed by atoms with Crippen LogP contribution in [0.4, 0.5) is 4.39 Å². The molecule has 1 atom stereocenters. The average molecular weight is 395 g/mol. The van der Waals surface area contributed by atoms with Gasteiger partial charge in [0.2, 0.25) is 10.0 Å². The van der Waals surface area contributed by atoms with Crippen LogP contribution >= 0.6 is 0 Å². The van der Waals surface area contributed by atoms with E-state index in [0.717, 1.165) is 17.7 Å². The Morgan fingerprint density at radius 2 is 2.00 bits per heavy atom. The first kappa shape index (κ1) is 19.1. The summed E-state index contributed by atoms with van der Waals surface area (Å²) in [6.45, 7) is -0.0243. The molecular formula is C18H18FNO6S. The van der Waals surface area contributed by atoms with Gasteiger partial charge in [-0.25, -0.2) is 22.3 Å². The normalized spacial score (nSPS) is 16.3. The molecule has 0 spiro atoms. The van der Waals surface area contributed by atoms with Gasteiger partial charge in [0.05, 0.1) is 11.5 Å². The van der Waals surface area contributed by atoms with Crippen molar-refractivity contribution in [3.8, 4) is 11.5 Å². The molecule has 0 aromatic heterocycles. The Morgan fingerprint density at radius 3 is 2.70 bits per heavy atom. The van der Waals surface area contributed by atoms with Crippen LogP contribution in [-0.2, 0) is 14.8 Å². The second-order valence-electron chi connectivity index (χ2n) is 6.00. The summed E-state index contributed by atoms with van der Waals surface area (Å²) in [5.41, 5.74) is 0.742. The van der Waals surface area contributed by atoms with Crippen molar-refractivity contribution in [3.63, 3.8) is 0 Å². The summed E-state index contributed by atoms with van der Waals surface area (Å²) in [6, 6.07) is 9.67. The first-order valence-corrected chi connectivity index (χ1v) is 9.70. The highest BCUT2D eigenvalue weighted by atomic mass is 32.2. The molecule has 0 fully saturated rings.